The molecule has 1 fully saturated rings. The van der Waals surface area contributed by atoms with Gasteiger partial charge in [0.2, 0.25) is 0 Å². The number of hydrogen-bond donors (Lipinski definition) is 1. The molecule has 0 spiro atoms. The number of likely N-dealkylation sites (tertiary alicyclic amines) is 1. The Balaban J connectivity index is 1.18. The van der Waals surface area contributed by atoms with E-state index < -0.39 is 24.2 Å². The van der Waals surface area contributed by atoms with Gasteiger partial charge in [-0.2, -0.15) is 0 Å². The molecule has 12 heteroatoms. The Bertz CT molecular complexity index is 1630. The van der Waals surface area contributed by atoms with E-state index in [1.807, 2.05) is 66.7 Å². The van der Waals surface area contributed by atoms with Crippen molar-refractivity contribution in [1.82, 2.24) is 14.9 Å². The zero-order valence-electron chi connectivity index (χ0n) is 26.7. The van der Waals surface area contributed by atoms with E-state index in [1.54, 1.807) is 19.5 Å². The van der Waals surface area contributed by atoms with Gasteiger partial charge in [-0.3, -0.25) is 0 Å². The number of amides is 1. The third-order valence-electron chi connectivity index (χ3n) is 8.38. The van der Waals surface area contributed by atoms with Crippen molar-refractivity contribution in [2.24, 2.45) is 0 Å². The highest BCUT2D eigenvalue weighted by atomic mass is 79.9. The van der Waals surface area contributed by atoms with Crippen LogP contribution >= 0.6 is 15.9 Å². The van der Waals surface area contributed by atoms with E-state index in [4.69, 9.17) is 23.7 Å². The molecule has 1 N–H and O–H groups in total. The van der Waals surface area contributed by atoms with E-state index in [0.29, 0.717) is 19.0 Å². The topological polar surface area (TPSA) is 116 Å². The lowest BCUT2D eigenvalue weighted by Gasteiger charge is -2.41. The molecule has 0 saturated carbocycles. The minimum Gasteiger partial charge on any atom is -0.490 e. The van der Waals surface area contributed by atoms with Crippen LogP contribution in [-0.4, -0.2) is 84.8 Å². The number of nitrogens with zero attached hydrogens (tertiary/aromatic N) is 4. The molecule has 3 heterocycles. The van der Waals surface area contributed by atoms with E-state index >= 15 is 0 Å². The number of aromatic nitrogens is 2. The Labute approximate surface area is 288 Å². The molecule has 3 aromatic carbocycles. The van der Waals surface area contributed by atoms with Crippen molar-refractivity contribution in [1.29, 1.82) is 0 Å². The zero-order valence-corrected chi connectivity index (χ0v) is 28.3. The minimum atomic E-state index is -0.900. The maximum atomic E-state index is 13.2. The summed E-state index contributed by atoms with van der Waals surface area (Å²) in [6.45, 7) is 3.76. The van der Waals surface area contributed by atoms with Crippen molar-refractivity contribution in [3.8, 4) is 17.5 Å². The summed E-state index contributed by atoms with van der Waals surface area (Å²) in [5.41, 5.74) is 3.73. The largest absolute Gasteiger partial charge is 0.490 e. The summed E-state index contributed by atoms with van der Waals surface area (Å²) >= 11 is 3.33. The summed E-state index contributed by atoms with van der Waals surface area (Å²) in [5.74, 6) is 0.991. The average Bonchev–Trinajstić information content (AvgIpc) is 3.11. The Kier molecular flexibility index (Phi) is 11.4. The van der Waals surface area contributed by atoms with Crippen LogP contribution in [0, 0.1) is 0 Å². The van der Waals surface area contributed by atoms with Gasteiger partial charge in [0.05, 0.1) is 48.6 Å². The van der Waals surface area contributed by atoms with E-state index in [1.165, 1.54) is 4.90 Å². The van der Waals surface area contributed by atoms with Crippen LogP contribution in [0.3, 0.4) is 0 Å². The second-order valence-electron chi connectivity index (χ2n) is 11.7. The molecule has 4 aromatic rings. The van der Waals surface area contributed by atoms with Crippen LogP contribution in [0.5, 0.6) is 17.5 Å². The SMILES string of the molecule is COCCCN1CCOc2ccc(COC3CN(C(=O)OCc4ccccc4)CC(O)C3c3ccc(Oc4ncc(Br)cn4)cc3)cc21. The molecule has 1 saturated heterocycles. The van der Waals surface area contributed by atoms with Crippen LogP contribution in [0.2, 0.25) is 0 Å². The number of piperidine rings is 1. The summed E-state index contributed by atoms with van der Waals surface area (Å²) < 4.78 is 29.9. The number of aliphatic hydroxyl groups is 1. The summed E-state index contributed by atoms with van der Waals surface area (Å²) in [6.07, 6.45) is 2.21. The Morgan fingerprint density at radius 2 is 1.79 bits per heavy atom. The fourth-order valence-electron chi connectivity index (χ4n) is 6.01. The first-order chi connectivity index (χ1) is 23.5. The van der Waals surface area contributed by atoms with E-state index in [2.05, 4.69) is 36.9 Å². The highest BCUT2D eigenvalue weighted by Crippen LogP contribution is 2.36. The molecule has 0 radical (unpaired) electrons. The Morgan fingerprint density at radius 3 is 2.56 bits per heavy atom. The molecule has 1 amide bonds. The van der Waals surface area contributed by atoms with Gasteiger partial charge >= 0.3 is 12.1 Å². The predicted molar refractivity (Wildman–Crippen MR) is 182 cm³/mol. The fourth-order valence-corrected chi connectivity index (χ4v) is 6.21. The monoisotopic (exact) mass is 718 g/mol. The number of rotatable bonds is 12. The van der Waals surface area contributed by atoms with E-state index in [-0.39, 0.29) is 32.3 Å². The summed E-state index contributed by atoms with van der Waals surface area (Å²) in [6, 6.07) is 23.2. The van der Waals surface area contributed by atoms with Gasteiger partial charge in [0.15, 0.2) is 0 Å². The summed E-state index contributed by atoms with van der Waals surface area (Å²) in [7, 11) is 1.71. The third-order valence-corrected chi connectivity index (χ3v) is 8.79. The maximum Gasteiger partial charge on any atom is 0.410 e. The fraction of sp³-hybridized carbons (Fsp3) is 0.361. The molecule has 6 rings (SSSR count). The molecular formula is C36H39BrN4O7. The summed E-state index contributed by atoms with van der Waals surface area (Å²) in [5, 5.41) is 11.5. The highest BCUT2D eigenvalue weighted by molar-refractivity contribution is 9.10. The van der Waals surface area contributed by atoms with E-state index in [9.17, 15) is 9.90 Å². The van der Waals surface area contributed by atoms with Crippen molar-refractivity contribution in [2.75, 3.05) is 51.4 Å². The van der Waals surface area contributed by atoms with Gasteiger partial charge in [-0.25, -0.2) is 14.8 Å². The van der Waals surface area contributed by atoms with Gasteiger partial charge in [-0.05, 0) is 63.3 Å². The van der Waals surface area contributed by atoms with Gasteiger partial charge in [0, 0.05) is 38.6 Å². The van der Waals surface area contributed by atoms with Crippen LogP contribution in [0.15, 0.2) is 89.7 Å². The predicted octanol–water partition coefficient (Wildman–Crippen LogP) is 5.95. The van der Waals surface area contributed by atoms with Crippen LogP contribution in [-0.2, 0) is 27.4 Å². The lowest BCUT2D eigenvalue weighted by Crippen LogP contribution is -2.53. The number of fused-ring (bicyclic) bond motifs is 1. The lowest BCUT2D eigenvalue weighted by molar-refractivity contribution is -0.0692. The lowest BCUT2D eigenvalue weighted by atomic mass is 9.84. The molecule has 252 valence electrons. The number of benzene rings is 3. The Hall–Kier alpha value is -4.23. The normalized spacial score (nSPS) is 18.9. The molecule has 0 bridgehead atoms. The first-order valence-electron chi connectivity index (χ1n) is 16.0. The van der Waals surface area contributed by atoms with Crippen molar-refractivity contribution >= 4 is 27.7 Å². The van der Waals surface area contributed by atoms with Crippen molar-refractivity contribution < 1.29 is 33.6 Å². The van der Waals surface area contributed by atoms with Crippen LogP contribution in [0.4, 0.5) is 10.5 Å². The number of carbonyl (C=O) groups excluding carboxylic acids is 1. The number of halogens is 1. The molecule has 3 unspecified atom stereocenters. The second kappa shape index (κ2) is 16.2. The number of hydrogen-bond acceptors (Lipinski definition) is 10. The van der Waals surface area contributed by atoms with Gasteiger partial charge in [0.1, 0.15) is 24.7 Å². The first kappa shape index (κ1) is 33.7. The first-order valence-corrected chi connectivity index (χ1v) is 16.8. The smallest absolute Gasteiger partial charge is 0.410 e. The van der Waals surface area contributed by atoms with Crippen LogP contribution in [0.1, 0.15) is 29.0 Å². The summed E-state index contributed by atoms with van der Waals surface area (Å²) in [4.78, 5) is 25.4. The average molecular weight is 720 g/mol. The number of β-amino-alcohol motifs (C(OH)–C–C–N with tert-alkyl or cyclic N) is 1. The standard InChI is InChI=1S/C36H39BrN4O7/c1-44-16-5-14-40-15-17-45-32-13-8-26(18-30(32)40)24-46-33-22-41(36(43)47-23-25-6-3-2-4-7-25)21-31(42)34(33)27-9-11-29(12-10-27)48-35-38-19-28(37)20-39-35/h2-4,6-13,18-20,31,33-34,42H,5,14-17,21-24H2,1H3. The maximum absolute atomic E-state index is 13.2. The molecule has 3 atom stereocenters. The molecule has 11 nitrogen and oxygen atoms in total. The zero-order chi connectivity index (χ0) is 33.3. The number of aliphatic hydroxyl groups excluding tert-OH is 1. The molecule has 1 aromatic heterocycles. The van der Waals surface area contributed by atoms with Crippen molar-refractivity contribution in [2.45, 2.75) is 37.8 Å². The van der Waals surface area contributed by atoms with Crippen LogP contribution < -0.4 is 14.4 Å². The molecular weight excluding hydrogens is 680 g/mol. The van der Waals surface area contributed by atoms with E-state index in [0.717, 1.165) is 52.1 Å². The minimum absolute atomic E-state index is 0.107. The Morgan fingerprint density at radius 1 is 1.00 bits per heavy atom. The number of ether oxygens (including phenoxy) is 5. The second-order valence-corrected chi connectivity index (χ2v) is 12.6. The number of carbonyl (C=O) groups is 1. The van der Waals surface area contributed by atoms with Gasteiger partial charge in [-0.15, -0.1) is 0 Å². The number of methoxy groups -OCH3 is 1. The molecule has 2 aliphatic heterocycles. The van der Waals surface area contributed by atoms with Gasteiger partial charge in [0.25, 0.3) is 0 Å². The highest BCUT2D eigenvalue weighted by Gasteiger charge is 2.40. The van der Waals surface area contributed by atoms with Gasteiger partial charge in [-0.1, -0.05) is 48.5 Å². The van der Waals surface area contributed by atoms with Crippen molar-refractivity contribution in [3.05, 3.63) is 106 Å². The van der Waals surface area contributed by atoms with Gasteiger partial charge < -0.3 is 38.6 Å². The molecule has 48 heavy (non-hydrogen) atoms. The van der Waals surface area contributed by atoms with Crippen LogP contribution in [0.25, 0.3) is 0 Å². The quantitative estimate of drug-likeness (QED) is 0.176. The molecule has 2 aliphatic rings. The molecule has 0 aliphatic carbocycles. The van der Waals surface area contributed by atoms with Crippen molar-refractivity contribution in [3.63, 3.8) is 0 Å². The number of anilines is 1. The third kappa shape index (κ3) is 8.62.